The zero-order valence-electron chi connectivity index (χ0n) is 17.6. The number of aryl methyl sites for hydroxylation is 1. The first-order valence-electron chi connectivity index (χ1n) is 9.74. The number of aromatic nitrogens is 2. The van der Waals surface area contributed by atoms with E-state index in [2.05, 4.69) is 10.3 Å². The number of phenols is 2. The van der Waals surface area contributed by atoms with E-state index in [1.54, 1.807) is 37.4 Å². The molecule has 7 heteroatoms. The molecule has 0 amide bonds. The Morgan fingerprint density at radius 3 is 2.40 bits per heavy atom. The molecule has 3 aromatic rings. The van der Waals surface area contributed by atoms with Gasteiger partial charge in [-0.1, -0.05) is 13.3 Å². The van der Waals surface area contributed by atoms with Gasteiger partial charge in [-0.25, -0.2) is 9.97 Å². The third-order valence-electron chi connectivity index (χ3n) is 4.85. The molecule has 0 aliphatic heterocycles. The van der Waals surface area contributed by atoms with E-state index in [1.165, 1.54) is 7.11 Å². The lowest BCUT2D eigenvalue weighted by Crippen LogP contribution is -2.11. The van der Waals surface area contributed by atoms with E-state index in [-0.39, 0.29) is 11.5 Å². The van der Waals surface area contributed by atoms with Crippen molar-refractivity contribution in [3.63, 3.8) is 0 Å². The molecule has 0 aliphatic rings. The summed E-state index contributed by atoms with van der Waals surface area (Å²) in [4.78, 5) is 9.41. The molecule has 3 rings (SSSR count). The van der Waals surface area contributed by atoms with Crippen LogP contribution in [0.1, 0.15) is 31.0 Å². The molecule has 0 fully saturated rings. The lowest BCUT2D eigenvalue weighted by molar-refractivity contribution is 0.373. The first-order chi connectivity index (χ1) is 14.4. The van der Waals surface area contributed by atoms with Crippen LogP contribution in [0.15, 0.2) is 36.4 Å². The van der Waals surface area contributed by atoms with Gasteiger partial charge in [0.15, 0.2) is 17.3 Å². The number of nitrogens with zero attached hydrogens (tertiary/aromatic N) is 2. The Balaban J connectivity index is 2.28. The molecule has 156 valence electrons. The molecule has 0 bridgehead atoms. The second-order valence-electron chi connectivity index (χ2n) is 6.99. The Labute approximate surface area is 175 Å². The summed E-state index contributed by atoms with van der Waals surface area (Å²) in [7, 11) is 3.26. The van der Waals surface area contributed by atoms with E-state index in [0.717, 1.165) is 17.5 Å². The van der Waals surface area contributed by atoms with E-state index < -0.39 is 0 Å². The van der Waals surface area contributed by atoms with Crippen LogP contribution in [0.5, 0.6) is 17.2 Å². The number of ether oxygens (including phenoxy) is 1. The van der Waals surface area contributed by atoms with Crippen LogP contribution in [0.4, 0.5) is 5.69 Å². The highest BCUT2D eigenvalue weighted by atomic mass is 16.5. The van der Waals surface area contributed by atoms with E-state index in [9.17, 15) is 10.2 Å². The van der Waals surface area contributed by atoms with Crippen LogP contribution in [0.3, 0.4) is 0 Å². The summed E-state index contributed by atoms with van der Waals surface area (Å²) in [5, 5.41) is 31.8. The highest BCUT2D eigenvalue weighted by molar-refractivity contribution is 6.04. The topological polar surface area (TPSA) is 111 Å². The summed E-state index contributed by atoms with van der Waals surface area (Å²) >= 11 is 0. The Morgan fingerprint density at radius 2 is 1.80 bits per heavy atom. The van der Waals surface area contributed by atoms with E-state index in [1.807, 2.05) is 19.9 Å². The van der Waals surface area contributed by atoms with Crippen LogP contribution in [0, 0.1) is 12.3 Å². The van der Waals surface area contributed by atoms with Crippen molar-refractivity contribution in [3.05, 3.63) is 47.7 Å². The van der Waals surface area contributed by atoms with E-state index >= 15 is 0 Å². The van der Waals surface area contributed by atoms with Crippen LogP contribution in [-0.4, -0.2) is 40.1 Å². The van der Waals surface area contributed by atoms with Gasteiger partial charge in [0.1, 0.15) is 11.4 Å². The van der Waals surface area contributed by atoms with Gasteiger partial charge >= 0.3 is 0 Å². The largest absolute Gasteiger partial charge is 0.508 e. The second-order valence-corrected chi connectivity index (χ2v) is 6.99. The molecule has 2 aromatic carbocycles. The van der Waals surface area contributed by atoms with E-state index in [4.69, 9.17) is 15.1 Å². The predicted octanol–water partition coefficient (Wildman–Crippen LogP) is 4.75. The van der Waals surface area contributed by atoms with Crippen molar-refractivity contribution in [1.29, 1.82) is 5.41 Å². The predicted molar refractivity (Wildman–Crippen MR) is 119 cm³/mol. The van der Waals surface area contributed by atoms with Crippen molar-refractivity contribution >= 4 is 11.4 Å². The molecule has 4 N–H and O–H groups in total. The zero-order valence-corrected chi connectivity index (χ0v) is 17.6. The molecular weight excluding hydrogens is 380 g/mol. The molecule has 0 saturated carbocycles. The third-order valence-corrected chi connectivity index (χ3v) is 4.85. The maximum absolute atomic E-state index is 10.2. The van der Waals surface area contributed by atoms with Gasteiger partial charge in [-0.15, -0.1) is 0 Å². The van der Waals surface area contributed by atoms with Gasteiger partial charge < -0.3 is 25.7 Å². The second kappa shape index (κ2) is 8.82. The first kappa shape index (κ1) is 21.1. The quantitative estimate of drug-likeness (QED) is 0.421. The van der Waals surface area contributed by atoms with Crippen LogP contribution in [0.2, 0.25) is 0 Å². The molecule has 7 nitrogen and oxygen atoms in total. The summed E-state index contributed by atoms with van der Waals surface area (Å²) < 4.78 is 5.13. The summed E-state index contributed by atoms with van der Waals surface area (Å²) in [6.07, 6.45) is 1.39. The molecule has 1 heterocycles. The lowest BCUT2D eigenvalue weighted by Gasteiger charge is -2.17. The van der Waals surface area contributed by atoms with Gasteiger partial charge in [0.05, 0.1) is 24.2 Å². The van der Waals surface area contributed by atoms with Crippen molar-refractivity contribution in [3.8, 4) is 39.9 Å². The van der Waals surface area contributed by atoms with Crippen molar-refractivity contribution in [2.24, 2.45) is 0 Å². The molecule has 0 unspecified atom stereocenters. The van der Waals surface area contributed by atoms with Crippen LogP contribution in [-0.2, 0) is 0 Å². The number of nitrogens with one attached hydrogen (secondary N) is 2. The molecule has 0 aliphatic carbocycles. The standard InChI is InChI=1S/C23H26N4O3/c1-5-6-16(24)21-22(25-3)20(14-7-9-17(28)13(2)11-14)26-23(27-21)15-8-10-19(30-4)18(29)12-15/h7-12,24-25,28-29H,5-6H2,1-4H3. The zero-order chi connectivity index (χ0) is 21.8. The fraction of sp³-hybridized carbons (Fsp3) is 0.261. The van der Waals surface area contributed by atoms with Crippen molar-refractivity contribution in [2.75, 3.05) is 19.5 Å². The maximum atomic E-state index is 10.2. The highest BCUT2D eigenvalue weighted by Crippen LogP contribution is 2.35. The molecule has 0 spiro atoms. The molecule has 0 radical (unpaired) electrons. The fourth-order valence-electron chi connectivity index (χ4n) is 3.25. The van der Waals surface area contributed by atoms with Gasteiger partial charge in [-0.2, -0.15) is 0 Å². The third kappa shape index (κ3) is 4.05. The first-order valence-corrected chi connectivity index (χ1v) is 9.74. The Kier molecular flexibility index (Phi) is 6.20. The monoisotopic (exact) mass is 406 g/mol. The summed E-state index contributed by atoms with van der Waals surface area (Å²) in [6, 6.07) is 10.2. The van der Waals surface area contributed by atoms with Gasteiger partial charge in [0.2, 0.25) is 0 Å². The number of benzene rings is 2. The van der Waals surface area contributed by atoms with Crippen LogP contribution < -0.4 is 10.1 Å². The van der Waals surface area contributed by atoms with Gasteiger partial charge in [0.25, 0.3) is 0 Å². The highest BCUT2D eigenvalue weighted by Gasteiger charge is 2.20. The Hall–Kier alpha value is -3.61. The molecule has 1 aromatic heterocycles. The number of aromatic hydroxyl groups is 2. The Morgan fingerprint density at radius 1 is 1.07 bits per heavy atom. The smallest absolute Gasteiger partial charge is 0.160 e. The maximum Gasteiger partial charge on any atom is 0.160 e. The molecule has 30 heavy (non-hydrogen) atoms. The Bertz CT molecular complexity index is 1100. The average Bonchev–Trinajstić information content (AvgIpc) is 2.74. The average molecular weight is 406 g/mol. The van der Waals surface area contributed by atoms with Crippen LogP contribution >= 0.6 is 0 Å². The van der Waals surface area contributed by atoms with Gasteiger partial charge in [0, 0.05) is 18.2 Å². The normalized spacial score (nSPS) is 10.7. The minimum atomic E-state index is -0.0106. The number of anilines is 1. The number of hydrogen-bond acceptors (Lipinski definition) is 7. The fourth-order valence-corrected chi connectivity index (χ4v) is 3.25. The number of methoxy groups -OCH3 is 1. The van der Waals surface area contributed by atoms with E-state index in [0.29, 0.717) is 46.3 Å². The minimum absolute atomic E-state index is 0.0106. The van der Waals surface area contributed by atoms with Crippen molar-refractivity contribution in [2.45, 2.75) is 26.7 Å². The summed E-state index contributed by atoms with van der Waals surface area (Å²) in [5.41, 5.74) is 4.32. The van der Waals surface area contributed by atoms with Gasteiger partial charge in [-0.05, 0) is 55.3 Å². The van der Waals surface area contributed by atoms with Gasteiger partial charge in [-0.3, -0.25) is 0 Å². The molecular formula is C23H26N4O3. The minimum Gasteiger partial charge on any atom is -0.508 e. The number of rotatable bonds is 7. The summed E-state index contributed by atoms with van der Waals surface area (Å²) in [6.45, 7) is 3.84. The molecule has 0 saturated heterocycles. The molecule has 0 atom stereocenters. The van der Waals surface area contributed by atoms with Crippen molar-refractivity contribution in [1.82, 2.24) is 9.97 Å². The van der Waals surface area contributed by atoms with Crippen LogP contribution in [0.25, 0.3) is 22.6 Å². The number of phenolic OH excluding ortho intramolecular Hbond substituents is 2. The number of hydrogen-bond donors (Lipinski definition) is 4. The summed E-state index contributed by atoms with van der Waals surface area (Å²) in [5.74, 6) is 0.948. The SMILES string of the molecule is CCCC(=N)c1nc(-c2ccc(OC)c(O)c2)nc(-c2ccc(O)c(C)c2)c1NC. The lowest BCUT2D eigenvalue weighted by atomic mass is 10.0. The van der Waals surface area contributed by atoms with Crippen molar-refractivity contribution < 1.29 is 14.9 Å².